The number of rotatable bonds is 7. The van der Waals surface area contributed by atoms with Gasteiger partial charge in [0.2, 0.25) is 5.91 Å². The Morgan fingerprint density at radius 2 is 1.86 bits per heavy atom. The lowest BCUT2D eigenvalue weighted by molar-refractivity contribution is -0.115. The Morgan fingerprint density at radius 3 is 2.46 bits per heavy atom. The van der Waals surface area contributed by atoms with Gasteiger partial charge in [0.15, 0.2) is 5.78 Å². The topological polar surface area (TPSA) is 95.9 Å². The Morgan fingerprint density at radius 1 is 1.18 bits per heavy atom. The number of hydrogen-bond donors (Lipinski definition) is 1. The fraction of sp³-hybridized carbons (Fsp3) is 0.211. The van der Waals surface area contributed by atoms with Gasteiger partial charge in [0.05, 0.1) is 6.42 Å². The van der Waals surface area contributed by atoms with Crippen molar-refractivity contribution >= 4 is 45.3 Å². The van der Waals surface area contributed by atoms with Gasteiger partial charge in [-0.1, -0.05) is 29.8 Å². The minimum absolute atomic E-state index is 0.00000826. The van der Waals surface area contributed by atoms with Gasteiger partial charge in [-0.05, 0) is 36.8 Å². The van der Waals surface area contributed by atoms with Crippen molar-refractivity contribution < 1.29 is 18.0 Å². The van der Waals surface area contributed by atoms with Crippen LogP contribution in [0, 0.1) is 0 Å². The first-order valence-electron chi connectivity index (χ1n) is 8.25. The molecule has 1 N–H and O–H groups in total. The summed E-state index contributed by atoms with van der Waals surface area (Å²) >= 11 is 6.06. The number of carbonyl (C=O) groups is 2. The van der Waals surface area contributed by atoms with E-state index in [1.165, 1.54) is 30.0 Å². The Bertz CT molecular complexity index is 1030. The standard InChI is InChI=1S/C19H20ClN3O4S/c1-13(24)16-9-8-15(11-18(16)28(26,27)21-12-23(2)3)22-19(25)10-14-6-4-5-7-17(14)20/h4-9,11-12H,10H2,1-3H3,(H,22,25). The zero-order valence-corrected chi connectivity index (χ0v) is 17.2. The fourth-order valence-corrected chi connectivity index (χ4v) is 3.73. The quantitative estimate of drug-likeness (QED) is 0.421. The summed E-state index contributed by atoms with van der Waals surface area (Å²) in [4.78, 5) is 25.3. The van der Waals surface area contributed by atoms with Crippen molar-refractivity contribution in [2.24, 2.45) is 4.40 Å². The third-order valence-corrected chi connectivity index (χ3v) is 5.28. The van der Waals surface area contributed by atoms with E-state index in [-0.39, 0.29) is 28.5 Å². The Balaban J connectivity index is 2.33. The number of benzene rings is 2. The molecule has 0 aromatic heterocycles. The number of ketones is 1. The zero-order chi connectivity index (χ0) is 20.9. The van der Waals surface area contributed by atoms with Gasteiger partial charge < -0.3 is 10.2 Å². The molecule has 148 valence electrons. The average molecular weight is 422 g/mol. The first kappa shape index (κ1) is 21.6. The lowest BCUT2D eigenvalue weighted by atomic mass is 10.1. The maximum absolute atomic E-state index is 12.5. The summed E-state index contributed by atoms with van der Waals surface area (Å²) in [6.45, 7) is 1.26. The normalized spacial score (nSPS) is 11.4. The average Bonchev–Trinajstić information content (AvgIpc) is 2.62. The molecule has 0 heterocycles. The molecule has 0 aliphatic heterocycles. The lowest BCUT2D eigenvalue weighted by Gasteiger charge is -2.11. The monoisotopic (exact) mass is 421 g/mol. The molecule has 0 aliphatic carbocycles. The van der Waals surface area contributed by atoms with Gasteiger partial charge in [-0.2, -0.15) is 8.42 Å². The van der Waals surface area contributed by atoms with E-state index in [0.29, 0.717) is 10.6 Å². The van der Waals surface area contributed by atoms with Crippen molar-refractivity contribution in [3.63, 3.8) is 0 Å². The third kappa shape index (κ3) is 5.64. The number of nitrogens with zero attached hydrogens (tertiary/aromatic N) is 2. The summed E-state index contributed by atoms with van der Waals surface area (Å²) in [6, 6.07) is 11.0. The first-order valence-corrected chi connectivity index (χ1v) is 10.1. The molecule has 1 amide bonds. The van der Waals surface area contributed by atoms with E-state index >= 15 is 0 Å². The highest BCUT2D eigenvalue weighted by Crippen LogP contribution is 2.24. The van der Waals surface area contributed by atoms with Crippen LogP contribution in [0.15, 0.2) is 51.8 Å². The third-order valence-electron chi connectivity index (χ3n) is 3.65. The second-order valence-corrected chi connectivity index (χ2v) is 8.25. The van der Waals surface area contributed by atoms with Gasteiger partial charge in [0.25, 0.3) is 10.0 Å². The number of halogens is 1. The highest BCUT2D eigenvalue weighted by atomic mass is 35.5. The molecule has 0 aliphatic rings. The van der Waals surface area contributed by atoms with Gasteiger partial charge in [-0.3, -0.25) is 9.59 Å². The lowest BCUT2D eigenvalue weighted by Crippen LogP contribution is -2.16. The van der Waals surface area contributed by atoms with E-state index in [1.54, 1.807) is 38.4 Å². The van der Waals surface area contributed by atoms with E-state index in [4.69, 9.17) is 11.6 Å². The molecule has 0 saturated heterocycles. The van der Waals surface area contributed by atoms with Crippen molar-refractivity contribution in [1.82, 2.24) is 4.90 Å². The molecular formula is C19H20ClN3O4S. The number of amides is 1. The van der Waals surface area contributed by atoms with E-state index < -0.39 is 15.8 Å². The molecule has 2 aromatic carbocycles. The van der Waals surface area contributed by atoms with Crippen LogP contribution in [-0.4, -0.2) is 45.4 Å². The van der Waals surface area contributed by atoms with E-state index in [2.05, 4.69) is 9.71 Å². The molecule has 0 radical (unpaired) electrons. The van der Waals surface area contributed by atoms with Crippen molar-refractivity contribution in [3.05, 3.63) is 58.6 Å². The molecule has 0 saturated carbocycles. The number of nitrogens with one attached hydrogen (secondary N) is 1. The highest BCUT2D eigenvalue weighted by Gasteiger charge is 2.21. The van der Waals surface area contributed by atoms with E-state index in [9.17, 15) is 18.0 Å². The van der Waals surface area contributed by atoms with Gasteiger partial charge in [-0.15, -0.1) is 4.40 Å². The highest BCUT2D eigenvalue weighted by molar-refractivity contribution is 7.90. The summed E-state index contributed by atoms with van der Waals surface area (Å²) in [5, 5.41) is 3.09. The number of sulfonamides is 1. The predicted octanol–water partition coefficient (Wildman–Crippen LogP) is 3.00. The minimum atomic E-state index is -4.12. The Labute approximate surface area is 169 Å². The molecular weight excluding hydrogens is 402 g/mol. The minimum Gasteiger partial charge on any atom is -0.368 e. The van der Waals surface area contributed by atoms with Crippen LogP contribution in [-0.2, 0) is 21.2 Å². The smallest absolute Gasteiger partial charge is 0.284 e. The fourth-order valence-electron chi connectivity index (χ4n) is 2.34. The molecule has 9 heteroatoms. The zero-order valence-electron chi connectivity index (χ0n) is 15.6. The summed E-state index contributed by atoms with van der Waals surface area (Å²) in [6.07, 6.45) is 1.15. The first-order chi connectivity index (χ1) is 13.1. The second kappa shape index (κ2) is 8.99. The van der Waals surface area contributed by atoms with Crippen LogP contribution in [0.1, 0.15) is 22.8 Å². The predicted molar refractivity (Wildman–Crippen MR) is 110 cm³/mol. The summed E-state index contributed by atoms with van der Waals surface area (Å²) in [5.41, 5.74) is 0.881. The molecule has 0 fully saturated rings. The second-order valence-electron chi connectivity index (χ2n) is 6.24. The van der Waals surface area contributed by atoms with Crippen LogP contribution in [0.2, 0.25) is 5.02 Å². The van der Waals surface area contributed by atoms with Crippen LogP contribution >= 0.6 is 11.6 Å². The summed E-state index contributed by atoms with van der Waals surface area (Å²) < 4.78 is 28.6. The SMILES string of the molecule is CC(=O)c1ccc(NC(=O)Cc2ccccc2Cl)cc1S(=O)(=O)N=CN(C)C. The molecule has 0 bridgehead atoms. The summed E-state index contributed by atoms with van der Waals surface area (Å²) in [5.74, 6) is -0.795. The van der Waals surface area contributed by atoms with E-state index in [0.717, 1.165) is 6.34 Å². The molecule has 0 unspecified atom stereocenters. The molecule has 0 atom stereocenters. The number of hydrogen-bond acceptors (Lipinski definition) is 4. The largest absolute Gasteiger partial charge is 0.368 e. The number of anilines is 1. The summed E-state index contributed by atoms with van der Waals surface area (Å²) in [7, 11) is -0.878. The molecule has 0 spiro atoms. The number of carbonyl (C=O) groups excluding carboxylic acids is 2. The van der Waals surface area contributed by atoms with E-state index in [1.807, 2.05) is 0 Å². The molecule has 28 heavy (non-hydrogen) atoms. The van der Waals surface area contributed by atoms with Crippen LogP contribution in [0.25, 0.3) is 0 Å². The Kier molecular flexibility index (Phi) is 6.93. The van der Waals surface area contributed by atoms with Crippen molar-refractivity contribution in [2.45, 2.75) is 18.2 Å². The van der Waals surface area contributed by atoms with Crippen LogP contribution < -0.4 is 5.32 Å². The van der Waals surface area contributed by atoms with Crippen molar-refractivity contribution in [1.29, 1.82) is 0 Å². The van der Waals surface area contributed by atoms with Crippen LogP contribution in [0.5, 0.6) is 0 Å². The molecule has 7 nitrogen and oxygen atoms in total. The van der Waals surface area contributed by atoms with Gasteiger partial charge in [0, 0.05) is 30.4 Å². The molecule has 2 rings (SSSR count). The van der Waals surface area contributed by atoms with Gasteiger partial charge in [0.1, 0.15) is 11.2 Å². The van der Waals surface area contributed by atoms with Gasteiger partial charge >= 0.3 is 0 Å². The molecule has 2 aromatic rings. The number of Topliss-reactive ketones (excluding diaryl/α,β-unsaturated/α-hetero) is 1. The van der Waals surface area contributed by atoms with Crippen LogP contribution in [0.3, 0.4) is 0 Å². The maximum Gasteiger partial charge on any atom is 0.284 e. The van der Waals surface area contributed by atoms with Gasteiger partial charge in [-0.25, -0.2) is 0 Å². The van der Waals surface area contributed by atoms with Crippen LogP contribution in [0.4, 0.5) is 5.69 Å². The van der Waals surface area contributed by atoms with Crippen molar-refractivity contribution in [2.75, 3.05) is 19.4 Å². The Hall–Kier alpha value is -2.71. The van der Waals surface area contributed by atoms with Crippen molar-refractivity contribution in [3.8, 4) is 0 Å². The maximum atomic E-state index is 12.5.